The van der Waals surface area contributed by atoms with Gasteiger partial charge in [-0.3, -0.25) is 4.79 Å². The van der Waals surface area contributed by atoms with Crippen LogP contribution < -0.4 is 15.8 Å². The van der Waals surface area contributed by atoms with Crippen LogP contribution in [0.15, 0.2) is 24.3 Å². The monoisotopic (exact) mass is 276 g/mol. The molecule has 0 aliphatic carbocycles. The van der Waals surface area contributed by atoms with Gasteiger partial charge in [-0.05, 0) is 18.6 Å². The molecule has 19 heavy (non-hydrogen) atoms. The molecule has 0 aromatic heterocycles. The number of alkyl halides is 3. The molecule has 7 heteroatoms. The molecule has 0 unspecified atom stereocenters. The van der Waals surface area contributed by atoms with E-state index < -0.39 is 24.7 Å². The first-order valence-electron chi connectivity index (χ1n) is 5.68. The van der Waals surface area contributed by atoms with Crippen molar-refractivity contribution in [2.24, 2.45) is 5.73 Å². The Balaban J connectivity index is 2.76. The van der Waals surface area contributed by atoms with Gasteiger partial charge in [0.05, 0.1) is 11.7 Å². The summed E-state index contributed by atoms with van der Waals surface area (Å²) in [6.07, 6.45) is -4.01. The van der Waals surface area contributed by atoms with Crippen molar-refractivity contribution in [3.63, 3.8) is 0 Å². The molecule has 0 radical (unpaired) electrons. The van der Waals surface area contributed by atoms with Gasteiger partial charge in [-0.1, -0.05) is 19.1 Å². The van der Waals surface area contributed by atoms with E-state index >= 15 is 0 Å². The second-order valence-electron chi connectivity index (χ2n) is 3.90. The summed E-state index contributed by atoms with van der Waals surface area (Å²) in [7, 11) is 0. The Labute approximate surface area is 108 Å². The lowest BCUT2D eigenvalue weighted by atomic mass is 10.2. The number of anilines is 1. The van der Waals surface area contributed by atoms with Crippen molar-refractivity contribution in [3.8, 4) is 5.75 Å². The molecular formula is C12H15F3N2O2. The average molecular weight is 276 g/mol. The van der Waals surface area contributed by atoms with Crippen molar-refractivity contribution in [2.75, 3.05) is 11.9 Å². The average Bonchev–Trinajstić information content (AvgIpc) is 2.35. The maximum atomic E-state index is 12.1. The highest BCUT2D eigenvalue weighted by Gasteiger charge is 2.29. The number of halogens is 3. The molecule has 106 valence electrons. The minimum Gasteiger partial charge on any atom is -0.482 e. The third-order valence-corrected chi connectivity index (χ3v) is 2.31. The summed E-state index contributed by atoms with van der Waals surface area (Å²) in [5, 5.41) is 2.44. The molecule has 1 rings (SSSR count). The van der Waals surface area contributed by atoms with Crippen LogP contribution in [0.1, 0.15) is 13.3 Å². The lowest BCUT2D eigenvalue weighted by molar-refractivity contribution is -0.153. The standard InChI is InChI=1S/C12H15F3N2O2/c1-2-8(16)11(18)17-9-5-3-4-6-10(9)19-7-12(13,14)15/h3-6,8H,2,7,16H2,1H3,(H,17,18)/t8-/m0/s1. The number of nitrogens with one attached hydrogen (secondary N) is 1. The predicted octanol–water partition coefficient (Wildman–Crippen LogP) is 2.30. The first-order valence-corrected chi connectivity index (χ1v) is 5.68. The van der Waals surface area contributed by atoms with E-state index in [2.05, 4.69) is 10.1 Å². The number of amides is 1. The highest BCUT2D eigenvalue weighted by atomic mass is 19.4. The van der Waals surface area contributed by atoms with E-state index in [1.54, 1.807) is 13.0 Å². The van der Waals surface area contributed by atoms with Gasteiger partial charge in [-0.25, -0.2) is 0 Å². The molecule has 0 heterocycles. The third-order valence-electron chi connectivity index (χ3n) is 2.31. The zero-order chi connectivity index (χ0) is 14.5. The molecule has 3 N–H and O–H groups in total. The van der Waals surface area contributed by atoms with Crippen molar-refractivity contribution in [3.05, 3.63) is 24.3 Å². The fraction of sp³-hybridized carbons (Fsp3) is 0.417. The number of nitrogens with two attached hydrogens (primary N) is 1. The topological polar surface area (TPSA) is 64.4 Å². The quantitative estimate of drug-likeness (QED) is 0.867. The van der Waals surface area contributed by atoms with Crippen molar-refractivity contribution < 1.29 is 22.7 Å². The van der Waals surface area contributed by atoms with E-state index in [0.29, 0.717) is 6.42 Å². The van der Waals surface area contributed by atoms with E-state index in [0.717, 1.165) is 0 Å². The number of ether oxygens (including phenoxy) is 1. The SMILES string of the molecule is CC[C@H](N)C(=O)Nc1ccccc1OCC(F)(F)F. The first-order chi connectivity index (χ1) is 8.83. The fourth-order valence-corrected chi connectivity index (χ4v) is 1.27. The lowest BCUT2D eigenvalue weighted by Crippen LogP contribution is -2.35. The summed E-state index contributed by atoms with van der Waals surface area (Å²) in [6, 6.07) is 5.18. The Morgan fingerprint density at radius 1 is 1.42 bits per heavy atom. The molecule has 0 aliphatic heterocycles. The molecule has 0 spiro atoms. The van der Waals surface area contributed by atoms with Crippen LogP contribution in [0, 0.1) is 0 Å². The number of hydrogen-bond acceptors (Lipinski definition) is 3. The fourth-order valence-electron chi connectivity index (χ4n) is 1.27. The second kappa shape index (κ2) is 6.42. The third kappa shape index (κ3) is 5.17. The van der Waals surface area contributed by atoms with Gasteiger partial charge in [0, 0.05) is 0 Å². The van der Waals surface area contributed by atoms with E-state index in [4.69, 9.17) is 5.73 Å². The Kier molecular flexibility index (Phi) is 5.17. The molecule has 0 fully saturated rings. The van der Waals surface area contributed by atoms with Crippen LogP contribution in [-0.2, 0) is 4.79 Å². The van der Waals surface area contributed by atoms with Gasteiger partial charge in [0.15, 0.2) is 6.61 Å². The Morgan fingerprint density at radius 2 is 2.05 bits per heavy atom. The number of para-hydroxylation sites is 2. The van der Waals surface area contributed by atoms with Crippen LogP contribution in [0.2, 0.25) is 0 Å². The number of hydrogen-bond donors (Lipinski definition) is 2. The van der Waals surface area contributed by atoms with Crippen LogP contribution in [-0.4, -0.2) is 24.7 Å². The van der Waals surface area contributed by atoms with Crippen LogP contribution in [0.3, 0.4) is 0 Å². The highest BCUT2D eigenvalue weighted by Crippen LogP contribution is 2.26. The zero-order valence-corrected chi connectivity index (χ0v) is 10.3. The largest absolute Gasteiger partial charge is 0.482 e. The first kappa shape index (κ1) is 15.3. The van der Waals surface area contributed by atoms with E-state index in [1.165, 1.54) is 18.2 Å². The molecule has 1 atom stereocenters. The number of carbonyl (C=O) groups excluding carboxylic acids is 1. The Morgan fingerprint density at radius 3 is 2.63 bits per heavy atom. The van der Waals surface area contributed by atoms with Crippen molar-refractivity contribution >= 4 is 11.6 Å². The van der Waals surface area contributed by atoms with E-state index in [1.807, 2.05) is 0 Å². The minimum absolute atomic E-state index is 0.0449. The maximum Gasteiger partial charge on any atom is 0.422 e. The van der Waals surface area contributed by atoms with Crippen molar-refractivity contribution in [1.29, 1.82) is 0 Å². The van der Waals surface area contributed by atoms with Crippen LogP contribution in [0.25, 0.3) is 0 Å². The van der Waals surface area contributed by atoms with Gasteiger partial charge < -0.3 is 15.8 Å². The van der Waals surface area contributed by atoms with Gasteiger partial charge in [-0.2, -0.15) is 13.2 Å². The van der Waals surface area contributed by atoms with E-state index in [9.17, 15) is 18.0 Å². The minimum atomic E-state index is -4.43. The summed E-state index contributed by atoms with van der Waals surface area (Å²) in [5.41, 5.74) is 5.69. The van der Waals surface area contributed by atoms with E-state index in [-0.39, 0.29) is 11.4 Å². The molecule has 1 amide bonds. The summed E-state index contributed by atoms with van der Waals surface area (Å²) in [4.78, 5) is 11.6. The molecule has 0 aliphatic rings. The molecule has 1 aromatic rings. The summed E-state index contributed by atoms with van der Waals surface area (Å²) < 4.78 is 40.9. The van der Waals surface area contributed by atoms with Gasteiger partial charge in [0.25, 0.3) is 0 Å². The van der Waals surface area contributed by atoms with Gasteiger partial charge in [0.1, 0.15) is 5.75 Å². The predicted molar refractivity (Wildman–Crippen MR) is 64.9 cm³/mol. The van der Waals surface area contributed by atoms with Gasteiger partial charge in [-0.15, -0.1) is 0 Å². The molecule has 0 saturated carbocycles. The van der Waals surface area contributed by atoms with Gasteiger partial charge in [0.2, 0.25) is 5.91 Å². The number of benzene rings is 1. The van der Waals surface area contributed by atoms with Gasteiger partial charge >= 0.3 is 6.18 Å². The summed E-state index contributed by atoms with van der Waals surface area (Å²) >= 11 is 0. The number of carbonyl (C=O) groups is 1. The van der Waals surface area contributed by atoms with Crippen molar-refractivity contribution in [2.45, 2.75) is 25.6 Å². The Hall–Kier alpha value is -1.76. The molecule has 1 aromatic carbocycles. The second-order valence-corrected chi connectivity index (χ2v) is 3.90. The van der Waals surface area contributed by atoms with Crippen molar-refractivity contribution in [1.82, 2.24) is 0 Å². The van der Waals surface area contributed by atoms with Crippen LogP contribution >= 0.6 is 0 Å². The maximum absolute atomic E-state index is 12.1. The van der Waals surface area contributed by atoms with Crippen LogP contribution in [0.5, 0.6) is 5.75 Å². The Bertz CT molecular complexity index is 435. The molecule has 0 bridgehead atoms. The lowest BCUT2D eigenvalue weighted by Gasteiger charge is -2.15. The van der Waals surface area contributed by atoms with Crippen LogP contribution in [0.4, 0.5) is 18.9 Å². The molecule has 4 nitrogen and oxygen atoms in total. The zero-order valence-electron chi connectivity index (χ0n) is 10.3. The number of rotatable bonds is 5. The smallest absolute Gasteiger partial charge is 0.422 e. The highest BCUT2D eigenvalue weighted by molar-refractivity contribution is 5.95. The summed E-state index contributed by atoms with van der Waals surface area (Å²) in [6.45, 7) is 0.315. The normalized spacial score (nSPS) is 12.9. The molecular weight excluding hydrogens is 261 g/mol. The molecule has 0 saturated heterocycles. The summed E-state index contributed by atoms with van der Waals surface area (Å²) in [5.74, 6) is -0.512.